The van der Waals surface area contributed by atoms with Crippen LogP contribution in [0.25, 0.3) is 0 Å². The average Bonchev–Trinajstić information content (AvgIpc) is 2.35. The van der Waals surface area contributed by atoms with E-state index < -0.39 is 0 Å². The van der Waals surface area contributed by atoms with Crippen molar-refractivity contribution >= 4 is 6.03 Å². The Kier molecular flexibility index (Phi) is 6.36. The van der Waals surface area contributed by atoms with Crippen molar-refractivity contribution in [3.8, 4) is 0 Å². The second kappa shape index (κ2) is 7.79. The minimum absolute atomic E-state index is 0.00509. The van der Waals surface area contributed by atoms with Gasteiger partial charge in [-0.25, -0.2) is 4.79 Å². The molecule has 4 heteroatoms. The molecular formula is C15H25N3O. The summed E-state index contributed by atoms with van der Waals surface area (Å²) in [5.41, 5.74) is 2.52. The summed E-state index contributed by atoms with van der Waals surface area (Å²) in [5.74, 6) is 0. The van der Waals surface area contributed by atoms with Crippen molar-refractivity contribution in [2.75, 3.05) is 40.8 Å². The Balaban J connectivity index is 2.26. The summed E-state index contributed by atoms with van der Waals surface area (Å²) >= 11 is 0. The second-order valence-electron chi connectivity index (χ2n) is 5.20. The standard InChI is InChI=1S/C15H25N3O/c1-13-6-5-7-14(12-13)8-9-16-15(19)18(4)11-10-17(2)3/h5-7,12H,8-11H2,1-4H3,(H,16,19). The highest BCUT2D eigenvalue weighted by molar-refractivity contribution is 5.73. The lowest BCUT2D eigenvalue weighted by Gasteiger charge is -2.20. The van der Waals surface area contributed by atoms with Crippen molar-refractivity contribution in [1.82, 2.24) is 15.1 Å². The molecule has 0 aliphatic carbocycles. The molecule has 0 fully saturated rings. The zero-order valence-electron chi connectivity index (χ0n) is 12.4. The molecule has 0 aliphatic heterocycles. The van der Waals surface area contributed by atoms with Crippen LogP contribution in [0.4, 0.5) is 4.79 Å². The Morgan fingerprint density at radius 1 is 1.21 bits per heavy atom. The molecule has 0 heterocycles. The van der Waals surface area contributed by atoms with E-state index in [4.69, 9.17) is 0 Å². The molecule has 1 N–H and O–H groups in total. The molecular weight excluding hydrogens is 238 g/mol. The van der Waals surface area contributed by atoms with Gasteiger partial charge in [0.15, 0.2) is 0 Å². The maximum absolute atomic E-state index is 11.8. The van der Waals surface area contributed by atoms with Gasteiger partial charge in [-0.2, -0.15) is 0 Å². The first-order chi connectivity index (χ1) is 8.99. The molecule has 0 radical (unpaired) electrons. The number of benzene rings is 1. The lowest BCUT2D eigenvalue weighted by atomic mass is 10.1. The number of hydrogen-bond donors (Lipinski definition) is 1. The van der Waals surface area contributed by atoms with Gasteiger partial charge in [-0.3, -0.25) is 0 Å². The first-order valence-electron chi connectivity index (χ1n) is 6.68. The molecule has 106 valence electrons. The van der Waals surface area contributed by atoms with Gasteiger partial charge < -0.3 is 15.1 Å². The first kappa shape index (κ1) is 15.5. The summed E-state index contributed by atoms with van der Waals surface area (Å²) in [6.07, 6.45) is 0.870. The van der Waals surface area contributed by atoms with Crippen molar-refractivity contribution in [2.45, 2.75) is 13.3 Å². The molecule has 4 nitrogen and oxygen atoms in total. The minimum atomic E-state index is -0.00509. The SMILES string of the molecule is Cc1cccc(CCNC(=O)N(C)CCN(C)C)c1. The number of hydrogen-bond acceptors (Lipinski definition) is 2. The van der Waals surface area contributed by atoms with Crippen molar-refractivity contribution in [2.24, 2.45) is 0 Å². The number of urea groups is 1. The van der Waals surface area contributed by atoms with Crippen LogP contribution in [0.3, 0.4) is 0 Å². The van der Waals surface area contributed by atoms with Crippen molar-refractivity contribution < 1.29 is 4.79 Å². The lowest BCUT2D eigenvalue weighted by molar-refractivity contribution is 0.204. The number of likely N-dealkylation sites (N-methyl/N-ethyl adjacent to an activating group) is 2. The summed E-state index contributed by atoms with van der Waals surface area (Å²) in [4.78, 5) is 15.6. The van der Waals surface area contributed by atoms with E-state index in [9.17, 15) is 4.79 Å². The van der Waals surface area contributed by atoms with E-state index in [1.807, 2.05) is 21.1 Å². The molecule has 1 aromatic carbocycles. The predicted molar refractivity (Wildman–Crippen MR) is 79.5 cm³/mol. The molecule has 0 saturated heterocycles. The van der Waals surface area contributed by atoms with Crippen LogP contribution in [-0.2, 0) is 6.42 Å². The van der Waals surface area contributed by atoms with Crippen LogP contribution in [0, 0.1) is 6.92 Å². The zero-order valence-corrected chi connectivity index (χ0v) is 12.4. The number of rotatable bonds is 6. The largest absolute Gasteiger partial charge is 0.338 e. The van der Waals surface area contributed by atoms with Crippen LogP contribution in [0.2, 0.25) is 0 Å². The number of carbonyl (C=O) groups excluding carboxylic acids is 1. The molecule has 0 spiro atoms. The van der Waals surface area contributed by atoms with E-state index in [2.05, 4.69) is 41.4 Å². The second-order valence-corrected chi connectivity index (χ2v) is 5.20. The normalized spacial score (nSPS) is 10.6. The highest BCUT2D eigenvalue weighted by Gasteiger charge is 2.07. The average molecular weight is 263 g/mol. The van der Waals surface area contributed by atoms with Gasteiger partial charge in [0.1, 0.15) is 0 Å². The molecule has 0 atom stereocenters. The molecule has 0 unspecified atom stereocenters. The van der Waals surface area contributed by atoms with Gasteiger partial charge in [0.05, 0.1) is 0 Å². The first-order valence-corrected chi connectivity index (χ1v) is 6.68. The molecule has 0 aliphatic rings. The summed E-state index contributed by atoms with van der Waals surface area (Å²) in [6, 6.07) is 8.37. The summed E-state index contributed by atoms with van der Waals surface area (Å²) < 4.78 is 0. The van der Waals surface area contributed by atoms with Crippen molar-refractivity contribution in [3.63, 3.8) is 0 Å². The summed E-state index contributed by atoms with van der Waals surface area (Å²) in [7, 11) is 5.83. The summed E-state index contributed by atoms with van der Waals surface area (Å²) in [5, 5.41) is 2.94. The van der Waals surface area contributed by atoms with Crippen LogP contribution in [0.5, 0.6) is 0 Å². The number of carbonyl (C=O) groups is 1. The van der Waals surface area contributed by atoms with Gasteiger partial charge in [0.25, 0.3) is 0 Å². The van der Waals surface area contributed by atoms with Crippen LogP contribution in [0.1, 0.15) is 11.1 Å². The highest BCUT2D eigenvalue weighted by Crippen LogP contribution is 2.03. The van der Waals surface area contributed by atoms with E-state index in [0.717, 1.165) is 19.5 Å². The smallest absolute Gasteiger partial charge is 0.317 e. The fourth-order valence-corrected chi connectivity index (χ4v) is 1.77. The fraction of sp³-hybridized carbons (Fsp3) is 0.533. The quantitative estimate of drug-likeness (QED) is 0.848. The Morgan fingerprint density at radius 3 is 2.58 bits per heavy atom. The number of nitrogens with zero attached hydrogens (tertiary/aromatic N) is 2. The molecule has 2 amide bonds. The Morgan fingerprint density at radius 2 is 1.95 bits per heavy atom. The van der Waals surface area contributed by atoms with E-state index in [1.54, 1.807) is 4.90 Å². The van der Waals surface area contributed by atoms with E-state index in [0.29, 0.717) is 6.54 Å². The van der Waals surface area contributed by atoms with Gasteiger partial charge in [-0.1, -0.05) is 29.8 Å². The minimum Gasteiger partial charge on any atom is -0.338 e. The topological polar surface area (TPSA) is 35.6 Å². The molecule has 0 saturated carbocycles. The maximum atomic E-state index is 11.8. The van der Waals surface area contributed by atoms with Crippen LogP contribution in [0.15, 0.2) is 24.3 Å². The fourth-order valence-electron chi connectivity index (χ4n) is 1.77. The molecule has 1 aromatic rings. The van der Waals surface area contributed by atoms with Crippen LogP contribution < -0.4 is 5.32 Å². The third kappa shape index (κ3) is 6.25. The Hall–Kier alpha value is -1.55. The van der Waals surface area contributed by atoms with Crippen LogP contribution >= 0.6 is 0 Å². The Bertz CT molecular complexity index is 404. The van der Waals surface area contributed by atoms with E-state index in [1.165, 1.54) is 11.1 Å². The van der Waals surface area contributed by atoms with Gasteiger partial charge in [-0.05, 0) is 33.0 Å². The molecule has 0 aromatic heterocycles. The van der Waals surface area contributed by atoms with Gasteiger partial charge in [0, 0.05) is 26.7 Å². The molecule has 19 heavy (non-hydrogen) atoms. The number of amides is 2. The molecule has 0 bridgehead atoms. The van der Waals surface area contributed by atoms with Crippen molar-refractivity contribution in [3.05, 3.63) is 35.4 Å². The van der Waals surface area contributed by atoms with Gasteiger partial charge in [0.2, 0.25) is 0 Å². The molecule has 1 rings (SSSR count). The number of aryl methyl sites for hydroxylation is 1. The Labute approximate surface area is 116 Å². The van der Waals surface area contributed by atoms with Crippen LogP contribution in [-0.4, -0.2) is 56.6 Å². The summed E-state index contributed by atoms with van der Waals surface area (Å²) in [6.45, 7) is 4.37. The van der Waals surface area contributed by atoms with E-state index in [-0.39, 0.29) is 6.03 Å². The van der Waals surface area contributed by atoms with E-state index >= 15 is 0 Å². The van der Waals surface area contributed by atoms with Crippen molar-refractivity contribution in [1.29, 1.82) is 0 Å². The highest BCUT2D eigenvalue weighted by atomic mass is 16.2. The third-order valence-electron chi connectivity index (χ3n) is 3.00. The van der Waals surface area contributed by atoms with Gasteiger partial charge in [-0.15, -0.1) is 0 Å². The lowest BCUT2D eigenvalue weighted by Crippen LogP contribution is -2.41. The predicted octanol–water partition coefficient (Wildman–Crippen LogP) is 1.74. The number of nitrogens with one attached hydrogen (secondary N) is 1. The van der Waals surface area contributed by atoms with Gasteiger partial charge >= 0.3 is 6.03 Å². The zero-order chi connectivity index (χ0) is 14.3. The third-order valence-corrected chi connectivity index (χ3v) is 3.00. The maximum Gasteiger partial charge on any atom is 0.317 e. The monoisotopic (exact) mass is 263 g/mol.